The molecule has 3 aliphatic rings. The molecule has 1 aliphatic heterocycles. The number of ether oxygens (including phenoxy) is 2. The Kier molecular flexibility index (Phi) is 12.5. The van der Waals surface area contributed by atoms with Gasteiger partial charge in [0.15, 0.2) is 5.78 Å². The molecule has 6 nitrogen and oxygen atoms in total. The number of Topliss-reactive ketones (excluding diaryl/α,β-unsaturated/α-hetero) is 1. The van der Waals surface area contributed by atoms with Crippen molar-refractivity contribution in [3.63, 3.8) is 0 Å². The van der Waals surface area contributed by atoms with Crippen LogP contribution in [0.25, 0.3) is 0 Å². The van der Waals surface area contributed by atoms with E-state index in [0.29, 0.717) is 37.7 Å². The van der Waals surface area contributed by atoms with E-state index in [1.807, 2.05) is 70.2 Å². The first-order chi connectivity index (χ1) is 22.1. The monoisotopic (exact) mass is 660 g/mol. The Labute approximate surface area is 289 Å². The fraction of sp³-hybridized carbons (Fsp3) is 0.571. The van der Waals surface area contributed by atoms with Crippen molar-refractivity contribution >= 4 is 11.8 Å². The molecule has 0 unspecified atom stereocenters. The van der Waals surface area contributed by atoms with Crippen molar-refractivity contribution in [3.8, 4) is 0 Å². The van der Waals surface area contributed by atoms with Crippen molar-refractivity contribution in [2.45, 2.75) is 144 Å². The van der Waals surface area contributed by atoms with Crippen LogP contribution in [0.1, 0.15) is 115 Å². The third kappa shape index (κ3) is 9.77. The molecule has 3 fully saturated rings. The second kappa shape index (κ2) is 15.2. The number of ketones is 1. The molecule has 3 rings (SSSR count). The number of carbonyl (C=O) groups is 2. The molecule has 0 amide bonds. The zero-order valence-electron chi connectivity index (χ0n) is 31.3. The summed E-state index contributed by atoms with van der Waals surface area (Å²) in [5.41, 5.74) is 2.58. The van der Waals surface area contributed by atoms with Gasteiger partial charge in [0.2, 0.25) is 0 Å². The summed E-state index contributed by atoms with van der Waals surface area (Å²) in [6.45, 7) is 21.7. The Hall–Kier alpha value is -3.06. The van der Waals surface area contributed by atoms with Crippen molar-refractivity contribution in [1.82, 2.24) is 0 Å². The molecule has 0 spiro atoms. The van der Waals surface area contributed by atoms with Crippen LogP contribution in [-0.4, -0.2) is 51.0 Å². The summed E-state index contributed by atoms with van der Waals surface area (Å²) in [7, 11) is 0. The van der Waals surface area contributed by atoms with E-state index < -0.39 is 16.8 Å². The fourth-order valence-electron chi connectivity index (χ4n) is 8.03. The zero-order valence-corrected chi connectivity index (χ0v) is 31.3. The molecule has 264 valence electrons. The molecule has 1 saturated heterocycles. The van der Waals surface area contributed by atoms with Gasteiger partial charge in [-0.1, -0.05) is 111 Å². The van der Waals surface area contributed by atoms with Crippen molar-refractivity contribution in [2.24, 2.45) is 10.8 Å². The van der Waals surface area contributed by atoms with Gasteiger partial charge in [-0.15, -0.1) is 0 Å². The molecule has 2 N–H and O–H groups in total. The number of allylic oxidation sites excluding steroid dienone is 15. The van der Waals surface area contributed by atoms with Crippen LogP contribution < -0.4 is 0 Å². The van der Waals surface area contributed by atoms with Crippen LogP contribution in [0.5, 0.6) is 0 Å². The van der Waals surface area contributed by atoms with Crippen LogP contribution in [-0.2, 0) is 19.1 Å². The summed E-state index contributed by atoms with van der Waals surface area (Å²) in [5.74, 6) is -0.223. The number of carbonyl (C=O) groups excluding carboxylic acids is 2. The minimum absolute atomic E-state index is 0.0853. The number of epoxide rings is 1. The van der Waals surface area contributed by atoms with Crippen molar-refractivity contribution in [1.29, 1.82) is 0 Å². The Bertz CT molecular complexity index is 1450. The summed E-state index contributed by atoms with van der Waals surface area (Å²) in [6, 6.07) is 0. The number of aliphatic hydroxyl groups is 2. The normalized spacial score (nSPS) is 33.5. The van der Waals surface area contributed by atoms with Gasteiger partial charge in [0.1, 0.15) is 11.7 Å². The fourth-order valence-corrected chi connectivity index (χ4v) is 8.03. The van der Waals surface area contributed by atoms with E-state index in [-0.39, 0.29) is 34.8 Å². The Morgan fingerprint density at radius 2 is 1.40 bits per heavy atom. The van der Waals surface area contributed by atoms with Crippen LogP contribution in [0.3, 0.4) is 0 Å². The summed E-state index contributed by atoms with van der Waals surface area (Å²) in [5, 5.41) is 21.5. The minimum Gasteiger partial charge on any atom is -0.462 e. The first-order valence-corrected chi connectivity index (χ1v) is 17.4. The second-order valence-corrected chi connectivity index (χ2v) is 16.1. The lowest BCUT2D eigenvalue weighted by atomic mass is 9.61. The van der Waals surface area contributed by atoms with E-state index in [1.54, 1.807) is 0 Å². The first kappa shape index (κ1) is 39.4. The quantitative estimate of drug-likeness (QED) is 0.0714. The number of fused-ring (bicyclic) bond motifs is 1. The highest BCUT2D eigenvalue weighted by Gasteiger charge is 2.76. The topological polar surface area (TPSA) is 96.4 Å². The van der Waals surface area contributed by atoms with Gasteiger partial charge in [-0.2, -0.15) is 0 Å². The van der Waals surface area contributed by atoms with Crippen LogP contribution >= 0.6 is 0 Å². The third-order valence-electron chi connectivity index (χ3n) is 10.4. The summed E-state index contributed by atoms with van der Waals surface area (Å²) in [6.07, 6.45) is 24.9. The van der Waals surface area contributed by atoms with Crippen LogP contribution in [0.15, 0.2) is 94.7 Å². The van der Waals surface area contributed by atoms with E-state index in [4.69, 9.17) is 9.47 Å². The summed E-state index contributed by atoms with van der Waals surface area (Å²) in [4.78, 5) is 24.6. The lowest BCUT2D eigenvalue weighted by Gasteiger charge is -2.46. The van der Waals surface area contributed by atoms with Crippen molar-refractivity contribution < 1.29 is 29.3 Å². The van der Waals surface area contributed by atoms with E-state index in [1.165, 1.54) is 12.5 Å². The molecule has 2 saturated carbocycles. The highest BCUT2D eigenvalue weighted by molar-refractivity contribution is 5.96. The molecule has 0 bridgehead atoms. The zero-order chi connectivity index (χ0) is 36.1. The first-order valence-electron chi connectivity index (χ1n) is 17.4. The van der Waals surface area contributed by atoms with E-state index in [9.17, 15) is 19.8 Å². The van der Waals surface area contributed by atoms with Gasteiger partial charge in [-0.05, 0) is 82.8 Å². The minimum atomic E-state index is -1.02. The molecule has 2 aliphatic carbocycles. The van der Waals surface area contributed by atoms with Gasteiger partial charge in [0.05, 0.1) is 17.3 Å². The predicted octanol–water partition coefficient (Wildman–Crippen LogP) is 8.93. The molecular formula is C42H60O6. The molecule has 5 atom stereocenters. The molecule has 0 aromatic carbocycles. The summed E-state index contributed by atoms with van der Waals surface area (Å²) >= 11 is 0. The number of aliphatic hydroxyl groups excluding tert-OH is 1. The Balaban J connectivity index is 1.50. The SMILES string of the molecule is CC(=O)O[C@H]1CC(C)(C)C(=CC/C(C)=C/C=C/C(C)=C/C=C/C=C(C)/C=C/C=C(\C)C(=O)C[C@@]23O[C@]2(C)C[C@@H](O)CC3(C)C)[C@](C)(O)C1. The number of rotatable bonds is 12. The predicted molar refractivity (Wildman–Crippen MR) is 195 cm³/mol. The van der Waals surface area contributed by atoms with Crippen LogP contribution in [0.4, 0.5) is 0 Å². The smallest absolute Gasteiger partial charge is 0.302 e. The molecular weight excluding hydrogens is 600 g/mol. The summed E-state index contributed by atoms with van der Waals surface area (Å²) < 4.78 is 11.6. The molecule has 0 radical (unpaired) electrons. The van der Waals surface area contributed by atoms with Gasteiger partial charge in [-0.25, -0.2) is 0 Å². The number of esters is 1. The highest BCUT2D eigenvalue weighted by atomic mass is 16.6. The average Bonchev–Trinajstić information content (AvgIpc) is 3.53. The third-order valence-corrected chi connectivity index (χ3v) is 10.4. The van der Waals surface area contributed by atoms with E-state index in [2.05, 4.69) is 65.8 Å². The lowest BCUT2D eigenvalue weighted by molar-refractivity contribution is -0.152. The van der Waals surface area contributed by atoms with Crippen LogP contribution in [0.2, 0.25) is 0 Å². The molecule has 0 aromatic rings. The molecule has 48 heavy (non-hydrogen) atoms. The van der Waals surface area contributed by atoms with Gasteiger partial charge >= 0.3 is 5.97 Å². The highest BCUT2D eigenvalue weighted by Crippen LogP contribution is 2.67. The largest absolute Gasteiger partial charge is 0.462 e. The lowest BCUT2D eigenvalue weighted by Crippen LogP contribution is -2.48. The van der Waals surface area contributed by atoms with Crippen LogP contribution in [0, 0.1) is 10.8 Å². The Morgan fingerprint density at radius 3 is 1.94 bits per heavy atom. The maximum absolute atomic E-state index is 13.1. The molecule has 6 heteroatoms. The van der Waals surface area contributed by atoms with Gasteiger partial charge in [0.25, 0.3) is 0 Å². The average molecular weight is 661 g/mol. The van der Waals surface area contributed by atoms with Crippen molar-refractivity contribution in [3.05, 3.63) is 94.7 Å². The van der Waals surface area contributed by atoms with Gasteiger partial charge in [-0.3, -0.25) is 9.59 Å². The number of hydrogen-bond donors (Lipinski definition) is 2. The number of hydrogen-bond acceptors (Lipinski definition) is 6. The van der Waals surface area contributed by atoms with Gasteiger partial charge < -0.3 is 19.7 Å². The molecule has 1 heterocycles. The second-order valence-electron chi connectivity index (χ2n) is 16.1. The van der Waals surface area contributed by atoms with Crippen molar-refractivity contribution in [2.75, 3.05) is 0 Å². The maximum atomic E-state index is 13.1. The Morgan fingerprint density at radius 1 is 0.812 bits per heavy atom. The van der Waals surface area contributed by atoms with Gasteiger partial charge in [0, 0.05) is 26.2 Å². The van der Waals surface area contributed by atoms with E-state index in [0.717, 1.165) is 23.1 Å². The standard InChI is InChI=1S/C42H60O6/c1-29(18-14-19-31(3)22-23-37-38(6,7)26-35(47-33(5)43)27-40(37,10)46)16-12-13-17-30(2)20-15-21-32(4)36(45)28-42-39(8,9)24-34(44)25-41(42,11)48-42/h12-21,23,34-35,44,46H,22,24-28H2,1-11H3/b13-12+,18-14+,20-15+,29-16+,30-17+,31-19+,32-21+,37-23?/t34-,35-,40+,41+,42-/m0/s1. The van der Waals surface area contributed by atoms with E-state index >= 15 is 0 Å². The molecule has 0 aromatic heterocycles. The maximum Gasteiger partial charge on any atom is 0.302 e.